The molecule has 1 aliphatic rings. The van der Waals surface area contributed by atoms with E-state index in [0.29, 0.717) is 37.6 Å². The Hall–Kier alpha value is -3.04. The number of nitrogens with one attached hydrogen (secondary N) is 1. The summed E-state index contributed by atoms with van der Waals surface area (Å²) in [4.78, 5) is 17.1. The Kier molecular flexibility index (Phi) is 6.15. The maximum atomic E-state index is 12.7. The van der Waals surface area contributed by atoms with E-state index >= 15 is 0 Å². The third-order valence-electron chi connectivity index (χ3n) is 5.40. The van der Waals surface area contributed by atoms with Crippen LogP contribution in [0.2, 0.25) is 0 Å². The van der Waals surface area contributed by atoms with Crippen molar-refractivity contribution in [3.05, 3.63) is 66.1 Å². The molecule has 0 atom stereocenters. The van der Waals surface area contributed by atoms with Gasteiger partial charge >= 0.3 is 0 Å². The molecule has 2 aromatic carbocycles. The van der Waals surface area contributed by atoms with Gasteiger partial charge < -0.3 is 9.84 Å². The summed E-state index contributed by atoms with van der Waals surface area (Å²) in [5, 5.41) is 6.79. The lowest BCUT2D eigenvalue weighted by Gasteiger charge is -2.30. The fourth-order valence-corrected chi connectivity index (χ4v) is 5.04. The Labute approximate surface area is 181 Å². The van der Waals surface area contributed by atoms with Gasteiger partial charge in [-0.3, -0.25) is 4.79 Å². The van der Waals surface area contributed by atoms with E-state index in [1.165, 1.54) is 4.31 Å². The van der Waals surface area contributed by atoms with Crippen molar-refractivity contribution in [2.45, 2.75) is 31.2 Å². The molecule has 1 N–H and O–H groups in total. The average Bonchev–Trinajstić information content (AvgIpc) is 3.28. The molecule has 9 heteroatoms. The summed E-state index contributed by atoms with van der Waals surface area (Å²) in [6.07, 6.45) is 0.937. The van der Waals surface area contributed by atoms with Crippen molar-refractivity contribution in [3.8, 4) is 11.4 Å². The van der Waals surface area contributed by atoms with Crippen molar-refractivity contribution >= 4 is 15.9 Å². The monoisotopic (exact) mass is 440 g/mol. The molecule has 4 rings (SSSR count). The van der Waals surface area contributed by atoms with Gasteiger partial charge in [-0.2, -0.15) is 9.29 Å². The number of hydrogen-bond donors (Lipinski definition) is 1. The Balaban J connectivity index is 1.29. The zero-order valence-electron chi connectivity index (χ0n) is 17.2. The number of aryl methyl sites for hydroxylation is 1. The molecule has 0 spiro atoms. The second-order valence-electron chi connectivity index (χ2n) is 7.59. The van der Waals surface area contributed by atoms with Gasteiger partial charge in [0.05, 0.1) is 11.4 Å². The fraction of sp³-hybridized carbons (Fsp3) is 0.318. The molecule has 162 valence electrons. The molecule has 0 saturated carbocycles. The second kappa shape index (κ2) is 8.99. The minimum absolute atomic E-state index is 0.133. The van der Waals surface area contributed by atoms with Gasteiger partial charge in [-0.25, -0.2) is 8.42 Å². The number of piperidine rings is 1. The number of carbonyl (C=O) groups excluding carboxylic acids is 1. The highest BCUT2D eigenvalue weighted by atomic mass is 32.2. The van der Waals surface area contributed by atoms with Crippen LogP contribution in [-0.2, 0) is 21.4 Å². The summed E-state index contributed by atoms with van der Waals surface area (Å²) in [6, 6.07) is 16.1. The first-order valence-corrected chi connectivity index (χ1v) is 11.6. The molecular weight excluding hydrogens is 416 g/mol. The highest BCUT2D eigenvalue weighted by Crippen LogP contribution is 2.24. The van der Waals surface area contributed by atoms with Gasteiger partial charge in [0.25, 0.3) is 0 Å². The van der Waals surface area contributed by atoms with Crippen LogP contribution in [0.15, 0.2) is 64.0 Å². The minimum Gasteiger partial charge on any atom is -0.347 e. The number of hydrogen-bond acceptors (Lipinski definition) is 6. The Morgan fingerprint density at radius 1 is 1.10 bits per heavy atom. The number of rotatable bonds is 6. The van der Waals surface area contributed by atoms with Crippen molar-refractivity contribution in [2.24, 2.45) is 5.92 Å². The van der Waals surface area contributed by atoms with E-state index < -0.39 is 10.0 Å². The number of nitrogens with zero attached hydrogens (tertiary/aromatic N) is 3. The first-order chi connectivity index (χ1) is 14.9. The SMILES string of the molecule is Cc1ccc(-c2noc(CNC(=O)C3CCN(S(=O)(=O)c4ccccc4)CC3)n2)cc1. The van der Waals surface area contributed by atoms with Gasteiger partial charge in [0.1, 0.15) is 0 Å². The van der Waals surface area contributed by atoms with Crippen molar-refractivity contribution < 1.29 is 17.7 Å². The van der Waals surface area contributed by atoms with Crippen LogP contribution in [0, 0.1) is 12.8 Å². The maximum Gasteiger partial charge on any atom is 0.246 e. The van der Waals surface area contributed by atoms with E-state index in [-0.39, 0.29) is 23.3 Å². The molecule has 0 unspecified atom stereocenters. The molecule has 0 bridgehead atoms. The largest absolute Gasteiger partial charge is 0.347 e. The van der Waals surface area contributed by atoms with Crippen LogP contribution in [-0.4, -0.2) is 41.9 Å². The summed E-state index contributed by atoms with van der Waals surface area (Å²) in [7, 11) is -3.52. The second-order valence-corrected chi connectivity index (χ2v) is 9.52. The molecular formula is C22H24N4O4S. The maximum absolute atomic E-state index is 12.7. The van der Waals surface area contributed by atoms with Crippen LogP contribution in [0.5, 0.6) is 0 Å². The Morgan fingerprint density at radius 3 is 2.45 bits per heavy atom. The van der Waals surface area contributed by atoms with Crippen molar-refractivity contribution in [1.29, 1.82) is 0 Å². The number of benzene rings is 2. The third-order valence-corrected chi connectivity index (χ3v) is 7.31. The Bertz CT molecular complexity index is 1140. The van der Waals surface area contributed by atoms with E-state index in [1.807, 2.05) is 31.2 Å². The number of amides is 1. The molecule has 3 aromatic rings. The van der Waals surface area contributed by atoms with E-state index in [9.17, 15) is 13.2 Å². The molecule has 1 aromatic heterocycles. The van der Waals surface area contributed by atoms with E-state index in [1.54, 1.807) is 30.3 Å². The predicted molar refractivity (Wildman–Crippen MR) is 114 cm³/mol. The Morgan fingerprint density at radius 2 is 1.77 bits per heavy atom. The first-order valence-electron chi connectivity index (χ1n) is 10.2. The topological polar surface area (TPSA) is 105 Å². The average molecular weight is 441 g/mol. The molecule has 1 saturated heterocycles. The number of aromatic nitrogens is 2. The van der Waals surface area contributed by atoms with Gasteiger partial charge in [0.15, 0.2) is 0 Å². The first kappa shape index (κ1) is 21.2. The molecule has 1 aliphatic heterocycles. The molecule has 0 aliphatic carbocycles. The van der Waals surface area contributed by atoms with Crippen LogP contribution in [0.25, 0.3) is 11.4 Å². The van der Waals surface area contributed by atoms with Crippen molar-refractivity contribution in [1.82, 2.24) is 19.8 Å². The summed E-state index contributed by atoms with van der Waals surface area (Å²) in [6.45, 7) is 2.77. The molecule has 31 heavy (non-hydrogen) atoms. The molecule has 1 amide bonds. The summed E-state index contributed by atoms with van der Waals surface area (Å²) in [5.74, 6) is 0.422. The fourth-order valence-electron chi connectivity index (χ4n) is 3.55. The van der Waals surface area contributed by atoms with Gasteiger partial charge in [0, 0.05) is 24.6 Å². The van der Waals surface area contributed by atoms with Crippen LogP contribution >= 0.6 is 0 Å². The van der Waals surface area contributed by atoms with E-state index in [2.05, 4.69) is 15.5 Å². The highest BCUT2D eigenvalue weighted by molar-refractivity contribution is 7.89. The predicted octanol–water partition coefficient (Wildman–Crippen LogP) is 2.76. The van der Waals surface area contributed by atoms with Gasteiger partial charge in [-0.1, -0.05) is 53.2 Å². The zero-order chi connectivity index (χ0) is 21.8. The molecule has 1 fully saturated rings. The minimum atomic E-state index is -3.52. The molecule has 8 nitrogen and oxygen atoms in total. The quantitative estimate of drug-likeness (QED) is 0.632. The number of carbonyl (C=O) groups is 1. The smallest absolute Gasteiger partial charge is 0.246 e. The van der Waals surface area contributed by atoms with Gasteiger partial charge in [-0.15, -0.1) is 0 Å². The standard InChI is InChI=1S/C22H24N4O4S/c1-16-7-9-17(10-8-16)21-24-20(30-25-21)15-23-22(27)18-11-13-26(14-12-18)31(28,29)19-5-3-2-4-6-19/h2-10,18H,11-15H2,1H3,(H,23,27). The summed E-state index contributed by atoms with van der Waals surface area (Å²) in [5.41, 5.74) is 1.99. The van der Waals surface area contributed by atoms with E-state index in [0.717, 1.165) is 11.1 Å². The zero-order valence-corrected chi connectivity index (χ0v) is 18.0. The van der Waals surface area contributed by atoms with Crippen LogP contribution in [0.4, 0.5) is 0 Å². The molecule has 0 radical (unpaired) electrons. The normalized spacial score (nSPS) is 15.6. The van der Waals surface area contributed by atoms with Crippen molar-refractivity contribution in [2.75, 3.05) is 13.1 Å². The third kappa shape index (κ3) is 4.83. The highest BCUT2D eigenvalue weighted by Gasteiger charge is 2.32. The lowest BCUT2D eigenvalue weighted by molar-refractivity contribution is -0.126. The van der Waals surface area contributed by atoms with Gasteiger partial charge in [-0.05, 0) is 31.9 Å². The lowest BCUT2D eigenvalue weighted by atomic mass is 9.97. The van der Waals surface area contributed by atoms with E-state index in [4.69, 9.17) is 4.52 Å². The van der Waals surface area contributed by atoms with Crippen LogP contribution in [0.3, 0.4) is 0 Å². The summed E-state index contributed by atoms with van der Waals surface area (Å²) < 4.78 is 32.1. The lowest BCUT2D eigenvalue weighted by Crippen LogP contribution is -2.42. The summed E-state index contributed by atoms with van der Waals surface area (Å²) >= 11 is 0. The van der Waals surface area contributed by atoms with Crippen LogP contribution in [0.1, 0.15) is 24.3 Å². The van der Waals surface area contributed by atoms with Gasteiger partial charge in [0.2, 0.25) is 27.6 Å². The molecule has 2 heterocycles. The number of sulfonamides is 1. The van der Waals surface area contributed by atoms with Crippen LogP contribution < -0.4 is 5.32 Å². The van der Waals surface area contributed by atoms with Crippen molar-refractivity contribution in [3.63, 3.8) is 0 Å².